The van der Waals surface area contributed by atoms with Gasteiger partial charge in [0.2, 0.25) is 0 Å². The first-order valence-corrected chi connectivity index (χ1v) is 6.11. The molecule has 16 heavy (non-hydrogen) atoms. The second kappa shape index (κ2) is 4.97. The highest BCUT2D eigenvalue weighted by Gasteiger charge is 2.18. The summed E-state index contributed by atoms with van der Waals surface area (Å²) in [5.74, 6) is 0. The van der Waals surface area contributed by atoms with Crippen LogP contribution in [0.15, 0.2) is 6.07 Å². The summed E-state index contributed by atoms with van der Waals surface area (Å²) in [5, 5.41) is 13.9. The van der Waals surface area contributed by atoms with Gasteiger partial charge >= 0.3 is 0 Å². The van der Waals surface area contributed by atoms with Crippen LogP contribution in [-0.2, 0) is 20.0 Å². The minimum absolute atomic E-state index is 0.0889. The van der Waals surface area contributed by atoms with Crippen LogP contribution in [0.25, 0.3) is 0 Å². The number of aliphatic hydroxyl groups excluding tert-OH is 1. The highest BCUT2D eigenvalue weighted by Crippen LogP contribution is 2.14. The Balaban J connectivity index is 1.95. The Bertz CT molecular complexity index is 340. The Hall–Kier alpha value is -0.870. The maximum absolute atomic E-state index is 9.45. The number of aryl methyl sites for hydroxylation is 2. The summed E-state index contributed by atoms with van der Waals surface area (Å²) >= 11 is 0. The smallest absolute Gasteiger partial charge is 0.0625 e. The first-order chi connectivity index (χ1) is 7.69. The summed E-state index contributed by atoms with van der Waals surface area (Å²) in [6, 6.07) is 2.19. The highest BCUT2D eigenvalue weighted by molar-refractivity contribution is 5.10. The normalized spacial score (nSPS) is 19.2. The largest absolute Gasteiger partial charge is 0.393 e. The third kappa shape index (κ3) is 2.62. The molecule has 0 aliphatic carbocycles. The van der Waals surface area contributed by atoms with Gasteiger partial charge in [0.05, 0.1) is 17.5 Å². The molecule has 90 valence electrons. The predicted molar refractivity (Wildman–Crippen MR) is 63.1 cm³/mol. The molecule has 1 saturated heterocycles. The van der Waals surface area contributed by atoms with Gasteiger partial charge in [0, 0.05) is 26.7 Å². The van der Waals surface area contributed by atoms with Gasteiger partial charge in [0.15, 0.2) is 0 Å². The van der Waals surface area contributed by atoms with Crippen molar-refractivity contribution in [3.05, 3.63) is 17.5 Å². The fourth-order valence-electron chi connectivity index (χ4n) is 2.20. The third-order valence-electron chi connectivity index (χ3n) is 3.33. The molecule has 1 aromatic rings. The van der Waals surface area contributed by atoms with E-state index in [0.29, 0.717) is 0 Å². The van der Waals surface area contributed by atoms with Crippen molar-refractivity contribution in [3.8, 4) is 0 Å². The molecular weight excluding hydrogens is 202 g/mol. The number of hydrogen-bond acceptors (Lipinski definition) is 3. The standard InChI is InChI=1S/C12H21N3O/c1-3-10-8-11(14(2)13-10)9-15-6-4-12(16)5-7-15/h8,12,16H,3-7,9H2,1-2H3. The van der Waals surface area contributed by atoms with Crippen molar-refractivity contribution in [1.82, 2.24) is 14.7 Å². The fraction of sp³-hybridized carbons (Fsp3) is 0.750. The van der Waals surface area contributed by atoms with E-state index in [2.05, 4.69) is 23.0 Å². The number of rotatable bonds is 3. The van der Waals surface area contributed by atoms with E-state index in [-0.39, 0.29) is 6.10 Å². The predicted octanol–water partition coefficient (Wildman–Crippen LogP) is 0.939. The molecule has 0 spiro atoms. The first-order valence-electron chi connectivity index (χ1n) is 6.11. The van der Waals surface area contributed by atoms with E-state index in [1.54, 1.807) is 0 Å². The Kier molecular flexibility index (Phi) is 3.61. The van der Waals surface area contributed by atoms with Gasteiger partial charge in [0.25, 0.3) is 0 Å². The minimum atomic E-state index is -0.0889. The molecule has 0 atom stereocenters. The zero-order valence-corrected chi connectivity index (χ0v) is 10.2. The molecule has 0 radical (unpaired) electrons. The van der Waals surface area contributed by atoms with Crippen LogP contribution in [0.3, 0.4) is 0 Å². The quantitative estimate of drug-likeness (QED) is 0.829. The van der Waals surface area contributed by atoms with E-state index >= 15 is 0 Å². The number of piperidine rings is 1. The number of nitrogens with zero attached hydrogens (tertiary/aromatic N) is 3. The number of hydrogen-bond donors (Lipinski definition) is 1. The molecule has 1 aliphatic heterocycles. The molecule has 0 saturated carbocycles. The SMILES string of the molecule is CCc1cc(CN2CCC(O)CC2)n(C)n1. The van der Waals surface area contributed by atoms with Crippen molar-refractivity contribution in [3.63, 3.8) is 0 Å². The Labute approximate surface area is 96.9 Å². The molecule has 2 heterocycles. The van der Waals surface area contributed by atoms with E-state index in [1.165, 1.54) is 5.69 Å². The van der Waals surface area contributed by atoms with Crippen LogP contribution in [0.5, 0.6) is 0 Å². The first kappa shape index (κ1) is 11.6. The zero-order valence-electron chi connectivity index (χ0n) is 10.2. The number of aliphatic hydroxyl groups is 1. The molecule has 0 unspecified atom stereocenters. The van der Waals surface area contributed by atoms with Crippen molar-refractivity contribution in [2.45, 2.75) is 38.8 Å². The fourth-order valence-corrected chi connectivity index (χ4v) is 2.20. The van der Waals surface area contributed by atoms with Crippen LogP contribution >= 0.6 is 0 Å². The van der Waals surface area contributed by atoms with Gasteiger partial charge in [-0.3, -0.25) is 9.58 Å². The molecule has 2 rings (SSSR count). The molecule has 4 nitrogen and oxygen atoms in total. The van der Waals surface area contributed by atoms with Crippen molar-refractivity contribution >= 4 is 0 Å². The van der Waals surface area contributed by atoms with E-state index in [1.807, 2.05) is 11.7 Å². The topological polar surface area (TPSA) is 41.3 Å². The minimum Gasteiger partial charge on any atom is -0.393 e. The van der Waals surface area contributed by atoms with Gasteiger partial charge in [-0.15, -0.1) is 0 Å². The number of aromatic nitrogens is 2. The van der Waals surface area contributed by atoms with Crippen LogP contribution in [-0.4, -0.2) is 39.0 Å². The maximum Gasteiger partial charge on any atom is 0.0625 e. The van der Waals surface area contributed by atoms with Gasteiger partial charge in [-0.05, 0) is 25.3 Å². The monoisotopic (exact) mass is 223 g/mol. The van der Waals surface area contributed by atoms with Crippen molar-refractivity contribution in [1.29, 1.82) is 0 Å². The third-order valence-corrected chi connectivity index (χ3v) is 3.33. The molecule has 0 aromatic carbocycles. The van der Waals surface area contributed by atoms with Gasteiger partial charge < -0.3 is 5.11 Å². The molecule has 0 amide bonds. The summed E-state index contributed by atoms with van der Waals surface area (Å²) in [6.07, 6.45) is 2.71. The van der Waals surface area contributed by atoms with Crippen LogP contribution in [0.1, 0.15) is 31.2 Å². The molecule has 1 N–H and O–H groups in total. The van der Waals surface area contributed by atoms with Gasteiger partial charge in [-0.25, -0.2) is 0 Å². The average Bonchev–Trinajstić information content (AvgIpc) is 2.63. The van der Waals surface area contributed by atoms with Crippen molar-refractivity contribution in [2.75, 3.05) is 13.1 Å². The average molecular weight is 223 g/mol. The van der Waals surface area contributed by atoms with Crippen LogP contribution in [0, 0.1) is 0 Å². The molecule has 1 fully saturated rings. The van der Waals surface area contributed by atoms with Gasteiger partial charge in [-0.1, -0.05) is 6.92 Å². The maximum atomic E-state index is 9.45. The lowest BCUT2D eigenvalue weighted by molar-refractivity contribution is 0.0781. The summed E-state index contributed by atoms with van der Waals surface area (Å²) in [4.78, 5) is 2.39. The van der Waals surface area contributed by atoms with E-state index in [0.717, 1.165) is 44.6 Å². The Morgan fingerprint density at radius 2 is 2.12 bits per heavy atom. The Morgan fingerprint density at radius 3 is 2.69 bits per heavy atom. The lowest BCUT2D eigenvalue weighted by Gasteiger charge is -2.29. The molecule has 1 aromatic heterocycles. The molecule has 1 aliphatic rings. The highest BCUT2D eigenvalue weighted by atomic mass is 16.3. The molecule has 0 bridgehead atoms. The second-order valence-corrected chi connectivity index (χ2v) is 4.61. The summed E-state index contributed by atoms with van der Waals surface area (Å²) in [5.41, 5.74) is 2.43. The zero-order chi connectivity index (χ0) is 11.5. The van der Waals surface area contributed by atoms with Crippen LogP contribution < -0.4 is 0 Å². The van der Waals surface area contributed by atoms with Crippen LogP contribution in [0.4, 0.5) is 0 Å². The lowest BCUT2D eigenvalue weighted by atomic mass is 10.1. The lowest BCUT2D eigenvalue weighted by Crippen LogP contribution is -2.35. The van der Waals surface area contributed by atoms with Crippen molar-refractivity contribution < 1.29 is 5.11 Å². The molecule has 4 heteroatoms. The van der Waals surface area contributed by atoms with Gasteiger partial charge in [0.1, 0.15) is 0 Å². The van der Waals surface area contributed by atoms with E-state index in [4.69, 9.17) is 0 Å². The Morgan fingerprint density at radius 1 is 1.44 bits per heavy atom. The summed E-state index contributed by atoms with van der Waals surface area (Å²) < 4.78 is 1.98. The van der Waals surface area contributed by atoms with E-state index in [9.17, 15) is 5.11 Å². The van der Waals surface area contributed by atoms with Gasteiger partial charge in [-0.2, -0.15) is 5.10 Å². The summed E-state index contributed by atoms with van der Waals surface area (Å²) in [7, 11) is 2.01. The summed E-state index contributed by atoms with van der Waals surface area (Å²) in [6.45, 7) is 5.07. The van der Waals surface area contributed by atoms with Crippen molar-refractivity contribution in [2.24, 2.45) is 7.05 Å². The van der Waals surface area contributed by atoms with E-state index < -0.39 is 0 Å². The molecular formula is C12H21N3O. The van der Waals surface area contributed by atoms with Crippen LogP contribution in [0.2, 0.25) is 0 Å². The second-order valence-electron chi connectivity index (χ2n) is 4.61. The number of likely N-dealkylation sites (tertiary alicyclic amines) is 1.